The normalized spacial score (nSPS) is 20.6. The average molecular weight is 256 g/mol. The van der Waals surface area contributed by atoms with Crippen LogP contribution in [0.3, 0.4) is 0 Å². The Morgan fingerprint density at radius 3 is 3.18 bits per heavy atom. The van der Waals surface area contributed by atoms with Crippen LogP contribution < -0.4 is 10.6 Å². The summed E-state index contributed by atoms with van der Waals surface area (Å²) < 4.78 is 5.64. The second kappa shape index (κ2) is 5.67. The van der Waals surface area contributed by atoms with Gasteiger partial charge < -0.3 is 15.4 Å². The van der Waals surface area contributed by atoms with Gasteiger partial charge in [-0.2, -0.15) is 0 Å². The first-order chi connectivity index (χ1) is 8.24. The Kier molecular flexibility index (Phi) is 4.20. The molecule has 1 aliphatic heterocycles. The van der Waals surface area contributed by atoms with Crippen LogP contribution in [0, 0.1) is 0 Å². The molecule has 1 aliphatic rings. The van der Waals surface area contributed by atoms with E-state index in [-0.39, 0.29) is 0 Å². The summed E-state index contributed by atoms with van der Waals surface area (Å²) in [5.41, 5.74) is 6.59. The van der Waals surface area contributed by atoms with Crippen LogP contribution >= 0.6 is 11.6 Å². The number of nitrogens with zero attached hydrogens (tertiary/aromatic N) is 2. The van der Waals surface area contributed by atoms with Crippen LogP contribution in [0.2, 0.25) is 5.02 Å². The zero-order chi connectivity index (χ0) is 12.3. The van der Waals surface area contributed by atoms with Crippen LogP contribution in [0.4, 0.5) is 5.82 Å². The number of hydrogen-bond acceptors (Lipinski definition) is 4. The van der Waals surface area contributed by atoms with Crippen molar-refractivity contribution in [2.24, 2.45) is 5.73 Å². The minimum atomic E-state index is 0.294. The third kappa shape index (κ3) is 2.89. The lowest BCUT2D eigenvalue weighted by Crippen LogP contribution is -2.42. The van der Waals surface area contributed by atoms with Crippen molar-refractivity contribution in [3.8, 4) is 0 Å². The molecule has 94 valence electrons. The van der Waals surface area contributed by atoms with Crippen LogP contribution in [-0.4, -0.2) is 30.8 Å². The van der Waals surface area contributed by atoms with E-state index in [4.69, 9.17) is 22.1 Å². The Balaban J connectivity index is 2.16. The highest BCUT2D eigenvalue weighted by atomic mass is 35.5. The van der Waals surface area contributed by atoms with E-state index < -0.39 is 0 Å². The first kappa shape index (κ1) is 12.6. The van der Waals surface area contributed by atoms with Gasteiger partial charge in [0.25, 0.3) is 0 Å². The molecule has 1 unspecified atom stereocenters. The summed E-state index contributed by atoms with van der Waals surface area (Å²) in [5.74, 6) is 0.941. The molecule has 1 aromatic heterocycles. The molecule has 1 fully saturated rings. The number of ether oxygens (including phenoxy) is 1. The first-order valence-corrected chi connectivity index (χ1v) is 6.33. The highest BCUT2D eigenvalue weighted by molar-refractivity contribution is 6.31. The molecule has 0 spiro atoms. The van der Waals surface area contributed by atoms with Gasteiger partial charge in [0.2, 0.25) is 0 Å². The molecule has 2 heterocycles. The number of nitrogens with two attached hydrogens (primary N) is 1. The molecule has 2 N–H and O–H groups in total. The maximum Gasteiger partial charge on any atom is 0.129 e. The van der Waals surface area contributed by atoms with Crippen molar-refractivity contribution in [1.29, 1.82) is 0 Å². The molecule has 17 heavy (non-hydrogen) atoms. The summed E-state index contributed by atoms with van der Waals surface area (Å²) in [6.45, 7) is 5.08. The van der Waals surface area contributed by atoms with E-state index in [0.717, 1.165) is 37.5 Å². The Morgan fingerprint density at radius 2 is 2.47 bits per heavy atom. The second-order valence-corrected chi connectivity index (χ2v) is 4.59. The number of morpholine rings is 1. The van der Waals surface area contributed by atoms with Gasteiger partial charge in [-0.25, -0.2) is 4.98 Å². The quantitative estimate of drug-likeness (QED) is 0.895. The summed E-state index contributed by atoms with van der Waals surface area (Å²) >= 11 is 6.01. The molecular weight excluding hydrogens is 238 g/mol. The van der Waals surface area contributed by atoms with E-state index >= 15 is 0 Å². The van der Waals surface area contributed by atoms with E-state index in [0.29, 0.717) is 17.7 Å². The zero-order valence-electron chi connectivity index (χ0n) is 10.0. The smallest absolute Gasteiger partial charge is 0.129 e. The zero-order valence-corrected chi connectivity index (χ0v) is 10.8. The Morgan fingerprint density at radius 1 is 1.65 bits per heavy atom. The molecule has 0 saturated carbocycles. The molecular formula is C12H18ClN3O. The number of rotatable bonds is 3. The van der Waals surface area contributed by atoms with Gasteiger partial charge >= 0.3 is 0 Å². The van der Waals surface area contributed by atoms with Gasteiger partial charge in [0, 0.05) is 25.8 Å². The van der Waals surface area contributed by atoms with Crippen LogP contribution in [0.5, 0.6) is 0 Å². The molecule has 0 aromatic carbocycles. The van der Waals surface area contributed by atoms with E-state index in [9.17, 15) is 0 Å². The Labute approximate surface area is 107 Å². The van der Waals surface area contributed by atoms with E-state index in [1.807, 2.05) is 6.07 Å². The molecule has 1 saturated heterocycles. The summed E-state index contributed by atoms with van der Waals surface area (Å²) in [6.07, 6.45) is 2.99. The van der Waals surface area contributed by atoms with Gasteiger partial charge in [-0.05, 0) is 18.1 Å². The number of aromatic nitrogens is 1. The summed E-state index contributed by atoms with van der Waals surface area (Å²) in [7, 11) is 0. The molecule has 2 rings (SSSR count). The fraction of sp³-hybridized carbons (Fsp3) is 0.583. The van der Waals surface area contributed by atoms with Gasteiger partial charge in [-0.15, -0.1) is 0 Å². The minimum Gasteiger partial charge on any atom is -0.375 e. The number of halogens is 1. The highest BCUT2D eigenvalue weighted by Gasteiger charge is 2.20. The number of pyridine rings is 1. The fourth-order valence-electron chi connectivity index (χ4n) is 1.97. The molecule has 0 bridgehead atoms. The summed E-state index contributed by atoms with van der Waals surface area (Å²) in [5, 5.41) is 0.636. The second-order valence-electron chi connectivity index (χ2n) is 4.19. The van der Waals surface area contributed by atoms with Gasteiger partial charge in [0.05, 0.1) is 17.7 Å². The molecule has 1 aromatic rings. The molecule has 4 nitrogen and oxygen atoms in total. The van der Waals surface area contributed by atoms with Gasteiger partial charge in [0.15, 0.2) is 0 Å². The SMILES string of the molecule is CCC1CN(c2cc(CN)c(Cl)cn2)CCO1. The van der Waals surface area contributed by atoms with Crippen molar-refractivity contribution in [2.75, 3.05) is 24.6 Å². The summed E-state index contributed by atoms with van der Waals surface area (Å²) in [4.78, 5) is 6.59. The van der Waals surface area contributed by atoms with Crippen LogP contribution in [0.1, 0.15) is 18.9 Å². The van der Waals surface area contributed by atoms with Crippen LogP contribution in [-0.2, 0) is 11.3 Å². The van der Waals surface area contributed by atoms with Crippen molar-refractivity contribution in [2.45, 2.75) is 26.0 Å². The first-order valence-electron chi connectivity index (χ1n) is 5.95. The third-order valence-corrected chi connectivity index (χ3v) is 3.40. The van der Waals surface area contributed by atoms with Crippen molar-refractivity contribution >= 4 is 17.4 Å². The van der Waals surface area contributed by atoms with Gasteiger partial charge in [0.1, 0.15) is 5.82 Å². The van der Waals surface area contributed by atoms with Gasteiger partial charge in [-0.1, -0.05) is 18.5 Å². The average Bonchev–Trinajstić information content (AvgIpc) is 2.39. The summed E-state index contributed by atoms with van der Waals surface area (Å²) in [6, 6.07) is 1.97. The lowest BCUT2D eigenvalue weighted by Gasteiger charge is -2.33. The Bertz CT molecular complexity index is 386. The monoisotopic (exact) mass is 255 g/mol. The maximum atomic E-state index is 6.01. The maximum absolute atomic E-state index is 6.01. The van der Waals surface area contributed by atoms with Crippen LogP contribution in [0.15, 0.2) is 12.3 Å². The van der Waals surface area contributed by atoms with Gasteiger partial charge in [-0.3, -0.25) is 0 Å². The van der Waals surface area contributed by atoms with Crippen molar-refractivity contribution in [1.82, 2.24) is 4.98 Å². The highest BCUT2D eigenvalue weighted by Crippen LogP contribution is 2.22. The Hall–Kier alpha value is -0.840. The predicted octanol–water partition coefficient (Wildman–Crippen LogP) is 1.81. The number of anilines is 1. The minimum absolute atomic E-state index is 0.294. The lowest BCUT2D eigenvalue weighted by molar-refractivity contribution is 0.0381. The molecule has 1 atom stereocenters. The van der Waals surface area contributed by atoms with Crippen molar-refractivity contribution in [3.63, 3.8) is 0 Å². The lowest BCUT2D eigenvalue weighted by atomic mass is 10.2. The standard InChI is InChI=1S/C12H18ClN3O/c1-2-10-8-16(3-4-17-10)12-5-9(6-14)11(13)7-15-12/h5,7,10H,2-4,6,8,14H2,1H3. The van der Waals surface area contributed by atoms with Crippen molar-refractivity contribution in [3.05, 3.63) is 22.8 Å². The van der Waals surface area contributed by atoms with E-state index in [1.54, 1.807) is 6.20 Å². The largest absolute Gasteiger partial charge is 0.375 e. The fourth-order valence-corrected chi connectivity index (χ4v) is 2.15. The van der Waals surface area contributed by atoms with E-state index in [1.165, 1.54) is 0 Å². The topological polar surface area (TPSA) is 51.4 Å². The molecule has 5 heteroatoms. The van der Waals surface area contributed by atoms with Crippen molar-refractivity contribution < 1.29 is 4.74 Å². The molecule has 0 amide bonds. The van der Waals surface area contributed by atoms with E-state index in [2.05, 4.69) is 16.8 Å². The molecule has 0 aliphatic carbocycles. The molecule has 0 radical (unpaired) electrons. The third-order valence-electron chi connectivity index (χ3n) is 3.06. The van der Waals surface area contributed by atoms with Crippen LogP contribution in [0.25, 0.3) is 0 Å². The predicted molar refractivity (Wildman–Crippen MR) is 69.4 cm³/mol. The number of hydrogen-bond donors (Lipinski definition) is 1.